The van der Waals surface area contributed by atoms with Crippen LogP contribution in [-0.2, 0) is 9.63 Å². The number of carbonyl (C=O) groups is 1. The summed E-state index contributed by atoms with van der Waals surface area (Å²) in [5.74, 6) is 0.546. The molecule has 0 radical (unpaired) electrons. The maximum atomic E-state index is 11.6. The number of hydrogen-bond donors (Lipinski definition) is 2. The molecule has 15 heavy (non-hydrogen) atoms. The van der Waals surface area contributed by atoms with Gasteiger partial charge in [0.2, 0.25) is 5.91 Å². The Morgan fingerprint density at radius 1 is 1.40 bits per heavy atom. The Hall–Kier alpha value is -0.610. The van der Waals surface area contributed by atoms with Gasteiger partial charge in [0.1, 0.15) is 0 Å². The fourth-order valence-electron chi connectivity index (χ4n) is 1.74. The number of carbonyl (C=O) groups excluding carboxylic acids is 1. The van der Waals surface area contributed by atoms with Crippen LogP contribution in [0.15, 0.2) is 0 Å². The third-order valence-electron chi connectivity index (χ3n) is 2.73. The average Bonchev–Trinajstić information content (AvgIpc) is 2.18. The molecule has 4 heteroatoms. The lowest BCUT2D eigenvalue weighted by atomic mass is 9.86. The van der Waals surface area contributed by atoms with Crippen molar-refractivity contribution in [2.45, 2.75) is 45.6 Å². The highest BCUT2D eigenvalue weighted by molar-refractivity contribution is 5.77. The minimum atomic E-state index is 0.0163. The molecule has 0 atom stereocenters. The molecule has 1 aliphatic rings. The molecule has 1 aliphatic carbocycles. The fraction of sp³-hybridized carbons (Fsp3) is 0.909. The number of nitrogens with two attached hydrogens (primary N) is 1. The van der Waals surface area contributed by atoms with Crippen molar-refractivity contribution in [3.05, 3.63) is 0 Å². The maximum Gasteiger partial charge on any atom is 0.246 e. The first-order chi connectivity index (χ1) is 7.09. The van der Waals surface area contributed by atoms with Gasteiger partial charge < -0.3 is 5.73 Å². The van der Waals surface area contributed by atoms with Gasteiger partial charge in [-0.05, 0) is 31.6 Å². The van der Waals surface area contributed by atoms with E-state index in [1.807, 2.05) is 13.8 Å². The highest BCUT2D eigenvalue weighted by Crippen LogP contribution is 2.23. The zero-order valence-corrected chi connectivity index (χ0v) is 9.66. The molecule has 1 fully saturated rings. The van der Waals surface area contributed by atoms with Gasteiger partial charge >= 0.3 is 0 Å². The number of hydroxylamine groups is 1. The van der Waals surface area contributed by atoms with Crippen LogP contribution < -0.4 is 11.2 Å². The highest BCUT2D eigenvalue weighted by atomic mass is 16.6. The molecule has 0 saturated heterocycles. The largest absolute Gasteiger partial charge is 0.328 e. The number of hydrogen-bond acceptors (Lipinski definition) is 3. The predicted octanol–water partition coefficient (Wildman–Crippen LogP) is 1.21. The summed E-state index contributed by atoms with van der Waals surface area (Å²) < 4.78 is 0. The average molecular weight is 214 g/mol. The van der Waals surface area contributed by atoms with Crippen LogP contribution in [0.2, 0.25) is 0 Å². The second kappa shape index (κ2) is 6.08. The Kier molecular flexibility index (Phi) is 5.05. The van der Waals surface area contributed by atoms with E-state index in [0.717, 1.165) is 25.7 Å². The van der Waals surface area contributed by atoms with Gasteiger partial charge in [-0.2, -0.15) is 0 Å². The maximum absolute atomic E-state index is 11.6. The zero-order valence-electron chi connectivity index (χ0n) is 9.66. The quantitative estimate of drug-likeness (QED) is 0.691. The van der Waals surface area contributed by atoms with Crippen molar-refractivity contribution >= 4 is 5.91 Å². The van der Waals surface area contributed by atoms with Crippen LogP contribution in [0.4, 0.5) is 0 Å². The number of amides is 1. The van der Waals surface area contributed by atoms with Crippen LogP contribution in [0.5, 0.6) is 0 Å². The van der Waals surface area contributed by atoms with Gasteiger partial charge in [-0.1, -0.05) is 13.8 Å². The van der Waals surface area contributed by atoms with E-state index in [9.17, 15) is 4.79 Å². The molecular formula is C11H22N2O2. The Balaban J connectivity index is 2.17. The van der Waals surface area contributed by atoms with Gasteiger partial charge in [-0.25, -0.2) is 5.48 Å². The van der Waals surface area contributed by atoms with Crippen molar-refractivity contribution < 1.29 is 9.63 Å². The molecule has 0 aliphatic heterocycles. The lowest BCUT2D eigenvalue weighted by molar-refractivity contribution is -0.139. The first-order valence-corrected chi connectivity index (χ1v) is 5.76. The second-order valence-corrected chi connectivity index (χ2v) is 4.78. The van der Waals surface area contributed by atoms with Crippen molar-refractivity contribution in [2.75, 3.05) is 6.61 Å². The van der Waals surface area contributed by atoms with Crippen LogP contribution >= 0.6 is 0 Å². The molecule has 0 heterocycles. The lowest BCUT2D eigenvalue weighted by Gasteiger charge is -2.24. The number of rotatable bonds is 4. The van der Waals surface area contributed by atoms with E-state index in [1.54, 1.807) is 0 Å². The summed E-state index contributed by atoms with van der Waals surface area (Å²) in [7, 11) is 0. The summed E-state index contributed by atoms with van der Waals surface area (Å²) in [4.78, 5) is 16.7. The molecule has 1 rings (SSSR count). The highest BCUT2D eigenvalue weighted by Gasteiger charge is 2.24. The van der Waals surface area contributed by atoms with E-state index in [2.05, 4.69) is 5.48 Å². The molecule has 4 nitrogen and oxygen atoms in total. The SMILES string of the molecule is CC(C)CONC(=O)C1CCC(N)CC1. The second-order valence-electron chi connectivity index (χ2n) is 4.78. The first kappa shape index (κ1) is 12.5. The molecule has 0 aromatic carbocycles. The molecule has 1 saturated carbocycles. The molecule has 3 N–H and O–H groups in total. The Bertz CT molecular complexity index is 199. The van der Waals surface area contributed by atoms with E-state index in [0.29, 0.717) is 12.5 Å². The molecule has 0 bridgehead atoms. The normalized spacial score (nSPS) is 26.7. The van der Waals surface area contributed by atoms with Gasteiger partial charge in [0, 0.05) is 12.0 Å². The smallest absolute Gasteiger partial charge is 0.246 e. The minimum absolute atomic E-state index is 0.0163. The minimum Gasteiger partial charge on any atom is -0.328 e. The summed E-state index contributed by atoms with van der Waals surface area (Å²) in [6.07, 6.45) is 3.67. The van der Waals surface area contributed by atoms with Crippen molar-refractivity contribution in [1.82, 2.24) is 5.48 Å². The molecule has 0 aromatic heterocycles. The van der Waals surface area contributed by atoms with Crippen molar-refractivity contribution in [3.63, 3.8) is 0 Å². The van der Waals surface area contributed by atoms with E-state index >= 15 is 0 Å². The Morgan fingerprint density at radius 3 is 2.53 bits per heavy atom. The molecule has 0 aromatic rings. The molecule has 0 spiro atoms. The molecule has 0 unspecified atom stereocenters. The summed E-state index contributed by atoms with van der Waals surface area (Å²) in [5.41, 5.74) is 8.29. The van der Waals surface area contributed by atoms with Gasteiger partial charge in [-0.15, -0.1) is 0 Å². The standard InChI is InChI=1S/C11H22N2O2/c1-8(2)7-15-13-11(14)9-3-5-10(12)6-4-9/h8-10H,3-7,12H2,1-2H3,(H,13,14). The summed E-state index contributed by atoms with van der Waals surface area (Å²) >= 11 is 0. The van der Waals surface area contributed by atoms with Crippen LogP contribution in [0.25, 0.3) is 0 Å². The topological polar surface area (TPSA) is 64.3 Å². The van der Waals surface area contributed by atoms with E-state index < -0.39 is 0 Å². The fourth-order valence-corrected chi connectivity index (χ4v) is 1.74. The van der Waals surface area contributed by atoms with Gasteiger partial charge in [0.05, 0.1) is 6.61 Å². The van der Waals surface area contributed by atoms with Gasteiger partial charge in [-0.3, -0.25) is 9.63 Å². The lowest BCUT2D eigenvalue weighted by Crippen LogP contribution is -2.36. The summed E-state index contributed by atoms with van der Waals surface area (Å²) in [6, 6.07) is 0.283. The van der Waals surface area contributed by atoms with Crippen LogP contribution in [0.1, 0.15) is 39.5 Å². The predicted molar refractivity (Wildman–Crippen MR) is 58.9 cm³/mol. The van der Waals surface area contributed by atoms with Crippen LogP contribution in [-0.4, -0.2) is 18.6 Å². The Labute approximate surface area is 91.5 Å². The molecule has 88 valence electrons. The van der Waals surface area contributed by atoms with Crippen LogP contribution in [0.3, 0.4) is 0 Å². The van der Waals surface area contributed by atoms with Gasteiger partial charge in [0.25, 0.3) is 0 Å². The van der Waals surface area contributed by atoms with Crippen molar-refractivity contribution in [1.29, 1.82) is 0 Å². The number of nitrogens with one attached hydrogen (secondary N) is 1. The van der Waals surface area contributed by atoms with Crippen molar-refractivity contribution in [2.24, 2.45) is 17.6 Å². The van der Waals surface area contributed by atoms with E-state index in [1.165, 1.54) is 0 Å². The van der Waals surface area contributed by atoms with Crippen LogP contribution in [0, 0.1) is 11.8 Å². The monoisotopic (exact) mass is 214 g/mol. The third kappa shape index (κ3) is 4.62. The zero-order chi connectivity index (χ0) is 11.3. The summed E-state index contributed by atoms with van der Waals surface area (Å²) in [6.45, 7) is 4.66. The first-order valence-electron chi connectivity index (χ1n) is 5.76. The molecule has 1 amide bonds. The Morgan fingerprint density at radius 2 is 2.00 bits per heavy atom. The van der Waals surface area contributed by atoms with Crippen molar-refractivity contribution in [3.8, 4) is 0 Å². The van der Waals surface area contributed by atoms with Gasteiger partial charge in [0.15, 0.2) is 0 Å². The van der Waals surface area contributed by atoms with E-state index in [-0.39, 0.29) is 17.9 Å². The molecular weight excluding hydrogens is 192 g/mol. The van der Waals surface area contributed by atoms with E-state index in [4.69, 9.17) is 10.6 Å². The summed E-state index contributed by atoms with van der Waals surface area (Å²) in [5, 5.41) is 0. The third-order valence-corrected chi connectivity index (χ3v) is 2.73.